The van der Waals surface area contributed by atoms with E-state index in [-0.39, 0.29) is 23.2 Å². The number of carbonyl (C=O) groups is 1. The molecule has 5 rings (SSSR count). The van der Waals surface area contributed by atoms with Crippen LogP contribution in [0.2, 0.25) is 0 Å². The van der Waals surface area contributed by atoms with Crippen LogP contribution >= 0.6 is 0 Å². The number of nitrogens with zero attached hydrogens (tertiary/aromatic N) is 5. The summed E-state index contributed by atoms with van der Waals surface area (Å²) in [5, 5.41) is 8.28. The van der Waals surface area contributed by atoms with Crippen LogP contribution in [0.15, 0.2) is 30.6 Å². The summed E-state index contributed by atoms with van der Waals surface area (Å²) in [5.74, 6) is 3.23. The van der Waals surface area contributed by atoms with Gasteiger partial charge in [0.15, 0.2) is 0 Å². The predicted molar refractivity (Wildman–Crippen MR) is 120 cm³/mol. The number of nitrogens with one attached hydrogen (secondary N) is 1. The summed E-state index contributed by atoms with van der Waals surface area (Å²) in [6.07, 6.45) is 6.98. The number of aromatic amines is 1. The predicted octanol–water partition coefficient (Wildman–Crippen LogP) is 3.04. The molecule has 0 spiro atoms. The molecule has 1 aliphatic heterocycles. The largest absolute Gasteiger partial charge is 0.475 e. The molecule has 0 bridgehead atoms. The van der Waals surface area contributed by atoms with E-state index in [1.165, 1.54) is 24.7 Å². The highest BCUT2D eigenvalue weighted by atomic mass is 16.5. The van der Waals surface area contributed by atoms with Gasteiger partial charge in [-0.2, -0.15) is 0 Å². The van der Waals surface area contributed by atoms with Crippen LogP contribution in [0, 0.1) is 12.8 Å². The van der Waals surface area contributed by atoms with Crippen molar-refractivity contribution in [3.8, 4) is 5.88 Å². The molecule has 1 fully saturated rings. The fraction of sp³-hybridized carbons (Fsp3) is 0.435. The second-order valence-electron chi connectivity index (χ2n) is 8.61. The van der Waals surface area contributed by atoms with Crippen molar-refractivity contribution in [2.45, 2.75) is 44.9 Å². The van der Waals surface area contributed by atoms with Crippen molar-refractivity contribution < 1.29 is 9.53 Å². The lowest BCUT2D eigenvalue weighted by molar-refractivity contribution is 0.0990. The molecule has 1 saturated carbocycles. The molecule has 1 aliphatic carbocycles. The minimum atomic E-state index is -0.230. The average molecular weight is 434 g/mol. The first-order valence-corrected chi connectivity index (χ1v) is 11.1. The van der Waals surface area contributed by atoms with Crippen LogP contribution in [0.1, 0.15) is 59.2 Å². The second kappa shape index (κ2) is 8.57. The number of aryl methyl sites for hydroxylation is 1. The molecule has 3 N–H and O–H groups in total. The zero-order chi connectivity index (χ0) is 22.1. The minimum Gasteiger partial charge on any atom is -0.475 e. The maximum Gasteiger partial charge on any atom is 0.267 e. The third-order valence-electron chi connectivity index (χ3n) is 6.51. The van der Waals surface area contributed by atoms with E-state index in [2.05, 4.69) is 37.3 Å². The molecule has 0 unspecified atom stereocenters. The smallest absolute Gasteiger partial charge is 0.267 e. The van der Waals surface area contributed by atoms with Crippen LogP contribution in [0.4, 0.5) is 11.5 Å². The van der Waals surface area contributed by atoms with Gasteiger partial charge in [0.1, 0.15) is 36.0 Å². The van der Waals surface area contributed by atoms with Gasteiger partial charge < -0.3 is 20.4 Å². The molecule has 1 aromatic carbocycles. The molecule has 32 heavy (non-hydrogen) atoms. The number of ether oxygens (including phenoxy) is 1. The maximum atomic E-state index is 13.1. The van der Waals surface area contributed by atoms with E-state index in [1.54, 1.807) is 4.90 Å². The number of hydrogen-bond acceptors (Lipinski definition) is 7. The monoisotopic (exact) mass is 433 g/mol. The van der Waals surface area contributed by atoms with E-state index < -0.39 is 0 Å². The van der Waals surface area contributed by atoms with Gasteiger partial charge in [-0.05, 0) is 62.1 Å². The van der Waals surface area contributed by atoms with E-state index >= 15 is 0 Å². The minimum absolute atomic E-state index is 0.140. The highest BCUT2D eigenvalue weighted by Gasteiger charge is 2.29. The van der Waals surface area contributed by atoms with E-state index in [9.17, 15) is 4.79 Å². The molecule has 9 heteroatoms. The van der Waals surface area contributed by atoms with Crippen LogP contribution in [-0.2, 0) is 6.42 Å². The summed E-state index contributed by atoms with van der Waals surface area (Å²) in [4.78, 5) is 26.0. The summed E-state index contributed by atoms with van der Waals surface area (Å²) >= 11 is 0. The Labute approximate surface area is 186 Å². The Kier molecular flexibility index (Phi) is 5.46. The Morgan fingerprint density at radius 1 is 1.12 bits per heavy atom. The molecule has 3 heterocycles. The molecule has 3 aromatic rings. The van der Waals surface area contributed by atoms with Crippen molar-refractivity contribution in [3.05, 3.63) is 53.4 Å². The summed E-state index contributed by atoms with van der Waals surface area (Å²) in [6.45, 7) is 2.72. The summed E-state index contributed by atoms with van der Waals surface area (Å²) in [6, 6.07) is 8.32. The molecular formula is C23H27N7O2. The molecule has 1 amide bonds. The van der Waals surface area contributed by atoms with Crippen molar-refractivity contribution in [2.75, 3.05) is 23.8 Å². The van der Waals surface area contributed by atoms with Crippen LogP contribution in [-0.4, -0.2) is 44.2 Å². The number of benzene rings is 1. The number of nitrogens with two attached hydrogens (primary N) is 1. The van der Waals surface area contributed by atoms with E-state index in [1.807, 2.05) is 19.1 Å². The molecule has 0 atom stereocenters. The molecule has 2 aliphatic rings. The van der Waals surface area contributed by atoms with Gasteiger partial charge in [-0.25, -0.2) is 9.97 Å². The second-order valence-corrected chi connectivity index (χ2v) is 8.61. The number of anilines is 2. The van der Waals surface area contributed by atoms with Crippen LogP contribution in [0.3, 0.4) is 0 Å². The van der Waals surface area contributed by atoms with Crippen molar-refractivity contribution in [1.29, 1.82) is 0 Å². The first-order valence-electron chi connectivity index (χ1n) is 11.1. The van der Waals surface area contributed by atoms with Gasteiger partial charge in [-0.15, -0.1) is 10.2 Å². The Hall–Kier alpha value is -3.49. The van der Waals surface area contributed by atoms with Gasteiger partial charge in [0.25, 0.3) is 5.91 Å². The third kappa shape index (κ3) is 4.02. The number of hydrogen-bond donors (Lipinski definition) is 2. The van der Waals surface area contributed by atoms with Gasteiger partial charge in [0.05, 0.1) is 6.54 Å². The lowest BCUT2D eigenvalue weighted by Crippen LogP contribution is -2.32. The summed E-state index contributed by atoms with van der Waals surface area (Å²) in [5.41, 5.74) is 8.32. The Bertz CT molecular complexity index is 1100. The molecule has 166 valence electrons. The first-order chi connectivity index (χ1) is 15.6. The molecule has 9 nitrogen and oxygen atoms in total. The van der Waals surface area contributed by atoms with Crippen LogP contribution in [0.5, 0.6) is 5.88 Å². The van der Waals surface area contributed by atoms with Gasteiger partial charge in [-0.1, -0.05) is 12.1 Å². The van der Waals surface area contributed by atoms with Crippen molar-refractivity contribution >= 4 is 17.4 Å². The number of nitrogen functional groups attached to an aromatic ring is 1. The van der Waals surface area contributed by atoms with E-state index in [0.717, 1.165) is 36.6 Å². The standard InChI is InChI=1S/C23H27N7O2/c1-14-27-19(29-28-14)12-15-2-4-16(5-3-15)17-6-8-18(9-7-17)30-10-11-32-22-20(23(30)31)21(24)25-13-26-22/h6-9,13,15-16H,2-5,10-12H2,1H3,(H2,24,25,26)(H,27,28,29)/t15-,16-. The van der Waals surface area contributed by atoms with E-state index in [4.69, 9.17) is 10.5 Å². The van der Waals surface area contributed by atoms with Crippen molar-refractivity contribution in [2.24, 2.45) is 5.92 Å². The fourth-order valence-electron chi connectivity index (χ4n) is 4.79. The van der Waals surface area contributed by atoms with Gasteiger partial charge in [-0.3, -0.25) is 4.79 Å². The highest BCUT2D eigenvalue weighted by Crippen LogP contribution is 2.37. The number of carbonyl (C=O) groups excluding carboxylic acids is 1. The Morgan fingerprint density at radius 3 is 2.62 bits per heavy atom. The molecule has 2 aromatic heterocycles. The Balaban J connectivity index is 1.25. The maximum absolute atomic E-state index is 13.1. The molecular weight excluding hydrogens is 406 g/mol. The lowest BCUT2D eigenvalue weighted by Gasteiger charge is -2.29. The van der Waals surface area contributed by atoms with Crippen LogP contribution in [0.25, 0.3) is 0 Å². The zero-order valence-electron chi connectivity index (χ0n) is 18.1. The average Bonchev–Trinajstić information content (AvgIpc) is 3.13. The zero-order valence-corrected chi connectivity index (χ0v) is 18.1. The van der Waals surface area contributed by atoms with Crippen LogP contribution < -0.4 is 15.4 Å². The Morgan fingerprint density at radius 2 is 1.91 bits per heavy atom. The normalized spacial score (nSPS) is 21.0. The van der Waals surface area contributed by atoms with Crippen molar-refractivity contribution in [3.63, 3.8) is 0 Å². The number of H-pyrrole nitrogens is 1. The highest BCUT2D eigenvalue weighted by molar-refractivity contribution is 6.10. The van der Waals surface area contributed by atoms with Gasteiger partial charge in [0.2, 0.25) is 5.88 Å². The summed E-state index contributed by atoms with van der Waals surface area (Å²) < 4.78 is 5.62. The number of amides is 1. The topological polar surface area (TPSA) is 123 Å². The van der Waals surface area contributed by atoms with Gasteiger partial charge >= 0.3 is 0 Å². The molecule has 0 saturated heterocycles. The SMILES string of the molecule is Cc1nnc(C[C@H]2CC[C@H](c3ccc(N4CCOc5ncnc(N)c5C4=O)cc3)CC2)[nH]1. The van der Waals surface area contributed by atoms with Gasteiger partial charge in [0, 0.05) is 12.1 Å². The first kappa shape index (κ1) is 20.4. The number of rotatable bonds is 4. The summed E-state index contributed by atoms with van der Waals surface area (Å²) in [7, 11) is 0. The van der Waals surface area contributed by atoms with Crippen molar-refractivity contribution in [1.82, 2.24) is 25.1 Å². The lowest BCUT2D eigenvalue weighted by atomic mass is 9.77. The third-order valence-corrected chi connectivity index (χ3v) is 6.51. The fourth-order valence-corrected chi connectivity index (χ4v) is 4.79. The number of fused-ring (bicyclic) bond motifs is 1. The molecule has 0 radical (unpaired) electrons. The van der Waals surface area contributed by atoms with E-state index in [0.29, 0.717) is 25.0 Å². The quantitative estimate of drug-likeness (QED) is 0.648. The number of aromatic nitrogens is 5.